The molecule has 0 fully saturated rings. The zero-order valence-corrected chi connectivity index (χ0v) is 10.4. The van der Waals surface area contributed by atoms with Gasteiger partial charge in [-0.15, -0.1) is 0 Å². The van der Waals surface area contributed by atoms with Crippen LogP contribution in [0.4, 0.5) is 0 Å². The molecule has 0 saturated carbocycles. The van der Waals surface area contributed by atoms with Crippen LogP contribution in [0.25, 0.3) is 5.57 Å². The number of carboxylic acid groups (broad SMARTS) is 1. The fraction of sp³-hybridized carbons (Fsp3) is 0.182. The zero-order valence-electron chi connectivity index (χ0n) is 8.87. The Balaban J connectivity index is 3.27. The molecule has 0 saturated heterocycles. The predicted octanol–water partition coefficient (Wildman–Crippen LogP) is 2.98. The number of halogens is 2. The van der Waals surface area contributed by atoms with E-state index in [1.807, 2.05) is 0 Å². The number of hydrogen-bond donors (Lipinski definition) is 1. The molecule has 1 rings (SSSR count). The smallest absolute Gasteiger partial charge is 0.337 e. The summed E-state index contributed by atoms with van der Waals surface area (Å²) >= 11 is 11.7. The molecule has 3 nitrogen and oxygen atoms in total. The van der Waals surface area contributed by atoms with Crippen LogP contribution in [0.3, 0.4) is 0 Å². The Morgan fingerprint density at radius 1 is 1.38 bits per heavy atom. The molecule has 0 spiro atoms. The third-order valence-corrected chi connectivity index (χ3v) is 2.39. The second kappa shape index (κ2) is 5.23. The maximum Gasteiger partial charge on any atom is 0.337 e. The van der Waals surface area contributed by atoms with Crippen LogP contribution in [0, 0.1) is 0 Å². The SMILES string of the molecule is CN(C)C=C(C(=O)O)c1ccc(Cl)cc1Cl. The van der Waals surface area contributed by atoms with E-state index in [-0.39, 0.29) is 5.57 Å². The molecule has 0 aliphatic rings. The zero-order chi connectivity index (χ0) is 12.3. The average Bonchev–Trinajstić information content (AvgIpc) is 2.14. The lowest BCUT2D eigenvalue weighted by atomic mass is 10.1. The second-order valence-corrected chi connectivity index (χ2v) is 4.28. The van der Waals surface area contributed by atoms with E-state index >= 15 is 0 Å². The van der Waals surface area contributed by atoms with Crippen molar-refractivity contribution in [2.24, 2.45) is 0 Å². The highest BCUT2D eigenvalue weighted by atomic mass is 35.5. The molecule has 1 aromatic carbocycles. The molecule has 0 heterocycles. The molecular formula is C11H11Cl2NO2. The van der Waals surface area contributed by atoms with Gasteiger partial charge in [0.25, 0.3) is 0 Å². The molecule has 5 heteroatoms. The summed E-state index contributed by atoms with van der Waals surface area (Å²) in [4.78, 5) is 12.7. The molecular weight excluding hydrogens is 249 g/mol. The quantitative estimate of drug-likeness (QED) is 0.849. The van der Waals surface area contributed by atoms with Crippen molar-refractivity contribution in [1.29, 1.82) is 0 Å². The summed E-state index contributed by atoms with van der Waals surface area (Å²) in [5.74, 6) is -1.03. The van der Waals surface area contributed by atoms with E-state index in [4.69, 9.17) is 28.3 Å². The summed E-state index contributed by atoms with van der Waals surface area (Å²) in [5.41, 5.74) is 0.582. The highest BCUT2D eigenvalue weighted by Gasteiger charge is 2.14. The Morgan fingerprint density at radius 2 is 2.00 bits per heavy atom. The van der Waals surface area contributed by atoms with Crippen molar-refractivity contribution in [3.8, 4) is 0 Å². The van der Waals surface area contributed by atoms with Crippen LogP contribution in [0.1, 0.15) is 5.56 Å². The van der Waals surface area contributed by atoms with Crippen molar-refractivity contribution in [2.45, 2.75) is 0 Å². The molecule has 1 aromatic rings. The summed E-state index contributed by atoms with van der Waals surface area (Å²) in [7, 11) is 3.49. The third kappa shape index (κ3) is 3.15. The van der Waals surface area contributed by atoms with Gasteiger partial charge in [0.1, 0.15) is 0 Å². The van der Waals surface area contributed by atoms with Crippen molar-refractivity contribution >= 4 is 34.7 Å². The third-order valence-electron chi connectivity index (χ3n) is 1.84. The van der Waals surface area contributed by atoms with Gasteiger partial charge >= 0.3 is 5.97 Å². The van der Waals surface area contributed by atoms with Crippen LogP contribution < -0.4 is 0 Å². The molecule has 0 bridgehead atoms. The molecule has 16 heavy (non-hydrogen) atoms. The number of aliphatic carboxylic acids is 1. The van der Waals surface area contributed by atoms with E-state index < -0.39 is 5.97 Å². The predicted molar refractivity (Wildman–Crippen MR) is 65.8 cm³/mol. The minimum absolute atomic E-state index is 0.131. The van der Waals surface area contributed by atoms with Crippen LogP contribution in [0.2, 0.25) is 10.0 Å². The monoisotopic (exact) mass is 259 g/mol. The first-order valence-corrected chi connectivity index (χ1v) is 5.24. The van der Waals surface area contributed by atoms with Gasteiger partial charge in [0.05, 0.1) is 10.6 Å². The summed E-state index contributed by atoms with van der Waals surface area (Å²) in [6, 6.07) is 4.72. The highest BCUT2D eigenvalue weighted by molar-refractivity contribution is 6.37. The first-order chi connectivity index (χ1) is 7.41. The topological polar surface area (TPSA) is 40.5 Å². The molecule has 1 N–H and O–H groups in total. The Kier molecular flexibility index (Phi) is 4.21. The minimum Gasteiger partial charge on any atom is -0.478 e. The van der Waals surface area contributed by atoms with Crippen LogP contribution in [-0.4, -0.2) is 30.1 Å². The Bertz CT molecular complexity index is 442. The lowest BCUT2D eigenvalue weighted by Crippen LogP contribution is -2.08. The summed E-state index contributed by atoms with van der Waals surface area (Å²) in [5, 5.41) is 9.88. The van der Waals surface area contributed by atoms with E-state index in [0.29, 0.717) is 15.6 Å². The fourth-order valence-electron chi connectivity index (χ4n) is 1.21. The number of hydrogen-bond acceptors (Lipinski definition) is 2. The van der Waals surface area contributed by atoms with Crippen molar-refractivity contribution in [3.05, 3.63) is 40.0 Å². The van der Waals surface area contributed by atoms with Gasteiger partial charge in [-0.2, -0.15) is 0 Å². The average molecular weight is 260 g/mol. The van der Waals surface area contributed by atoms with E-state index in [1.54, 1.807) is 31.1 Å². The second-order valence-electron chi connectivity index (χ2n) is 3.44. The molecule has 0 aliphatic heterocycles. The normalized spacial score (nSPS) is 11.4. The maximum atomic E-state index is 11.1. The first-order valence-electron chi connectivity index (χ1n) is 4.49. The molecule has 0 atom stereocenters. The van der Waals surface area contributed by atoms with Gasteiger partial charge < -0.3 is 10.0 Å². The van der Waals surface area contributed by atoms with Crippen molar-refractivity contribution in [1.82, 2.24) is 4.90 Å². The van der Waals surface area contributed by atoms with Crippen LogP contribution >= 0.6 is 23.2 Å². The molecule has 0 unspecified atom stereocenters. The van der Waals surface area contributed by atoms with Crippen molar-refractivity contribution < 1.29 is 9.90 Å². The van der Waals surface area contributed by atoms with Gasteiger partial charge in [-0.25, -0.2) is 4.79 Å². The highest BCUT2D eigenvalue weighted by Crippen LogP contribution is 2.27. The number of rotatable bonds is 3. The molecule has 0 radical (unpaired) electrons. The molecule has 0 aromatic heterocycles. The molecule has 0 aliphatic carbocycles. The van der Waals surface area contributed by atoms with Gasteiger partial charge in [0.2, 0.25) is 0 Å². The fourth-order valence-corrected chi connectivity index (χ4v) is 1.72. The van der Waals surface area contributed by atoms with Crippen molar-refractivity contribution in [2.75, 3.05) is 14.1 Å². The van der Waals surface area contributed by atoms with Gasteiger partial charge in [0.15, 0.2) is 0 Å². The number of carbonyl (C=O) groups is 1. The lowest BCUT2D eigenvalue weighted by Gasteiger charge is -2.10. The van der Waals surface area contributed by atoms with E-state index in [1.165, 1.54) is 12.3 Å². The van der Waals surface area contributed by atoms with E-state index in [0.717, 1.165) is 0 Å². The van der Waals surface area contributed by atoms with Crippen LogP contribution in [0.5, 0.6) is 0 Å². The lowest BCUT2D eigenvalue weighted by molar-refractivity contribution is -0.130. The summed E-state index contributed by atoms with van der Waals surface area (Å²) in [6.45, 7) is 0. The van der Waals surface area contributed by atoms with Crippen LogP contribution in [-0.2, 0) is 4.79 Å². The van der Waals surface area contributed by atoms with E-state index in [2.05, 4.69) is 0 Å². The minimum atomic E-state index is -1.03. The molecule has 0 amide bonds. The first kappa shape index (κ1) is 12.9. The van der Waals surface area contributed by atoms with Gasteiger partial charge in [-0.3, -0.25) is 0 Å². The number of carboxylic acids is 1. The largest absolute Gasteiger partial charge is 0.478 e. The number of benzene rings is 1. The van der Waals surface area contributed by atoms with Gasteiger partial charge in [-0.05, 0) is 12.1 Å². The maximum absolute atomic E-state index is 11.1. The van der Waals surface area contributed by atoms with E-state index in [9.17, 15) is 4.79 Å². The Hall–Kier alpha value is -1.19. The van der Waals surface area contributed by atoms with Crippen molar-refractivity contribution in [3.63, 3.8) is 0 Å². The molecule has 86 valence electrons. The summed E-state index contributed by atoms with van der Waals surface area (Å²) < 4.78 is 0. The Labute approximate surface area is 104 Å². The van der Waals surface area contributed by atoms with Gasteiger partial charge in [0, 0.05) is 30.9 Å². The standard InChI is InChI=1S/C11H11Cl2NO2/c1-14(2)6-9(11(15)16)8-4-3-7(12)5-10(8)13/h3-6H,1-2H3,(H,15,16). The van der Waals surface area contributed by atoms with Crippen LogP contribution in [0.15, 0.2) is 24.4 Å². The number of nitrogens with zero attached hydrogens (tertiary/aromatic N) is 1. The van der Waals surface area contributed by atoms with Gasteiger partial charge in [-0.1, -0.05) is 29.3 Å². The Morgan fingerprint density at radius 3 is 2.44 bits per heavy atom. The summed E-state index contributed by atoms with van der Waals surface area (Å²) in [6.07, 6.45) is 1.50.